The lowest BCUT2D eigenvalue weighted by Gasteiger charge is -2.38. The number of hydrogen-bond donors (Lipinski definition) is 5. The van der Waals surface area contributed by atoms with Gasteiger partial charge >= 0.3 is 0 Å². The third kappa shape index (κ3) is 5.36. The summed E-state index contributed by atoms with van der Waals surface area (Å²) in [6.45, 7) is 3.64. The molecule has 202 valence electrons. The molecule has 1 aliphatic heterocycles. The molecule has 0 fully saturated rings. The molecule has 1 aliphatic rings. The third-order valence-electron chi connectivity index (χ3n) is 7.49. The highest BCUT2D eigenvalue weighted by molar-refractivity contribution is 5.91. The Balaban J connectivity index is 1.40. The molecular weight excluding hydrogens is 494 g/mol. The highest BCUT2D eigenvalue weighted by Crippen LogP contribution is 2.27. The number of phenolic OH excluding ortho intramolecular Hbond substituents is 1. The Morgan fingerprint density at radius 1 is 1.10 bits per heavy atom. The second-order valence-corrected chi connectivity index (χ2v) is 10.2. The molecular formula is C30H33N5O4. The fraction of sp³-hybridized carbons (Fsp3) is 0.300. The fourth-order valence-corrected chi connectivity index (χ4v) is 5.41. The zero-order valence-electron chi connectivity index (χ0n) is 22.0. The molecule has 0 saturated carbocycles. The van der Waals surface area contributed by atoms with Crippen LogP contribution in [-0.4, -0.2) is 55.6 Å². The average Bonchev–Trinajstić information content (AvgIpc) is 3.36. The van der Waals surface area contributed by atoms with Crippen LogP contribution in [0.3, 0.4) is 0 Å². The summed E-state index contributed by atoms with van der Waals surface area (Å²) in [6, 6.07) is 16.1. The van der Waals surface area contributed by atoms with Crippen LogP contribution in [0.2, 0.25) is 0 Å². The molecule has 3 atom stereocenters. The van der Waals surface area contributed by atoms with Gasteiger partial charge < -0.3 is 31.1 Å². The van der Waals surface area contributed by atoms with Crippen molar-refractivity contribution in [3.63, 3.8) is 0 Å². The molecule has 4 aromatic rings. The summed E-state index contributed by atoms with van der Waals surface area (Å²) < 4.78 is 0. The van der Waals surface area contributed by atoms with Crippen LogP contribution in [0, 0.1) is 13.8 Å². The van der Waals surface area contributed by atoms with Gasteiger partial charge in [0.2, 0.25) is 11.8 Å². The first-order valence-electron chi connectivity index (χ1n) is 13.0. The molecule has 3 aromatic carbocycles. The number of benzene rings is 3. The largest absolute Gasteiger partial charge is 0.508 e. The third-order valence-corrected chi connectivity index (χ3v) is 7.49. The molecule has 5 rings (SSSR count). The first-order valence-corrected chi connectivity index (χ1v) is 13.0. The number of imidazole rings is 1. The maximum atomic E-state index is 13.8. The number of carbonyl (C=O) groups is 2. The molecule has 2 amide bonds. The normalized spacial score (nSPS) is 16.5. The second kappa shape index (κ2) is 10.9. The number of aromatic hydroxyl groups is 1. The number of aliphatic hydroxyl groups is 1. The van der Waals surface area contributed by atoms with Gasteiger partial charge in [0.25, 0.3) is 0 Å². The molecule has 39 heavy (non-hydrogen) atoms. The second-order valence-electron chi connectivity index (χ2n) is 10.2. The summed E-state index contributed by atoms with van der Waals surface area (Å²) >= 11 is 0. The maximum Gasteiger partial charge on any atom is 0.243 e. The van der Waals surface area contributed by atoms with Crippen LogP contribution in [0.4, 0.5) is 0 Å². The van der Waals surface area contributed by atoms with Gasteiger partial charge in [-0.2, -0.15) is 0 Å². The van der Waals surface area contributed by atoms with Crippen molar-refractivity contribution in [2.45, 2.75) is 51.4 Å². The number of phenols is 1. The Morgan fingerprint density at radius 2 is 1.77 bits per heavy atom. The maximum absolute atomic E-state index is 13.8. The summed E-state index contributed by atoms with van der Waals surface area (Å²) in [4.78, 5) is 36.7. The zero-order valence-corrected chi connectivity index (χ0v) is 22.0. The van der Waals surface area contributed by atoms with E-state index >= 15 is 0 Å². The van der Waals surface area contributed by atoms with Crippen molar-refractivity contribution < 1.29 is 19.8 Å². The van der Waals surface area contributed by atoms with Crippen molar-refractivity contribution in [2.75, 3.05) is 6.61 Å². The fourth-order valence-electron chi connectivity index (χ4n) is 5.41. The van der Waals surface area contributed by atoms with E-state index in [0.717, 1.165) is 38.9 Å². The number of nitrogens with one attached hydrogen (secondary N) is 2. The minimum atomic E-state index is -0.878. The van der Waals surface area contributed by atoms with Crippen molar-refractivity contribution in [1.82, 2.24) is 20.2 Å². The Hall–Kier alpha value is -4.21. The van der Waals surface area contributed by atoms with Gasteiger partial charge in [-0.25, -0.2) is 4.98 Å². The van der Waals surface area contributed by atoms with E-state index in [0.29, 0.717) is 12.2 Å². The number of rotatable bonds is 7. The van der Waals surface area contributed by atoms with Crippen LogP contribution in [0.25, 0.3) is 11.0 Å². The average molecular weight is 528 g/mol. The molecule has 2 heterocycles. The lowest BCUT2D eigenvalue weighted by atomic mass is 9.91. The van der Waals surface area contributed by atoms with Gasteiger partial charge in [-0.05, 0) is 72.4 Å². The lowest BCUT2D eigenvalue weighted by molar-refractivity contribution is -0.143. The molecule has 6 N–H and O–H groups in total. The Bertz CT molecular complexity index is 1470. The molecule has 1 aromatic heterocycles. The number of aromatic nitrogens is 2. The van der Waals surface area contributed by atoms with Crippen LogP contribution in [0.15, 0.2) is 60.7 Å². The molecule has 0 radical (unpaired) electrons. The highest BCUT2D eigenvalue weighted by Gasteiger charge is 2.37. The van der Waals surface area contributed by atoms with Gasteiger partial charge in [-0.15, -0.1) is 0 Å². The predicted octanol–water partition coefficient (Wildman–Crippen LogP) is 2.56. The van der Waals surface area contributed by atoms with E-state index in [1.54, 1.807) is 17.0 Å². The minimum Gasteiger partial charge on any atom is -0.508 e. The van der Waals surface area contributed by atoms with E-state index in [1.165, 1.54) is 0 Å². The van der Waals surface area contributed by atoms with Gasteiger partial charge in [0.05, 0.1) is 23.7 Å². The number of para-hydroxylation sites is 2. The molecule has 0 unspecified atom stereocenters. The van der Waals surface area contributed by atoms with Crippen molar-refractivity contribution in [3.8, 4) is 5.75 Å². The summed E-state index contributed by atoms with van der Waals surface area (Å²) in [6.07, 6.45) is 0.609. The number of amides is 2. The van der Waals surface area contributed by atoms with Crippen LogP contribution in [0.5, 0.6) is 5.75 Å². The molecule has 9 nitrogen and oxygen atoms in total. The summed E-state index contributed by atoms with van der Waals surface area (Å²) in [5.41, 5.74) is 12.6. The summed E-state index contributed by atoms with van der Waals surface area (Å²) in [7, 11) is 0. The van der Waals surface area contributed by atoms with Crippen LogP contribution in [-0.2, 0) is 29.0 Å². The number of carbonyl (C=O) groups excluding carboxylic acids is 2. The quantitative estimate of drug-likeness (QED) is 0.250. The number of aromatic amines is 1. The number of nitrogens with two attached hydrogens (primary N) is 1. The highest BCUT2D eigenvalue weighted by atomic mass is 16.3. The van der Waals surface area contributed by atoms with Crippen molar-refractivity contribution in [3.05, 3.63) is 94.3 Å². The topological polar surface area (TPSA) is 145 Å². The number of nitrogens with zero attached hydrogens (tertiary/aromatic N) is 2. The minimum absolute atomic E-state index is 0.168. The van der Waals surface area contributed by atoms with Crippen molar-refractivity contribution in [1.29, 1.82) is 0 Å². The predicted molar refractivity (Wildman–Crippen MR) is 148 cm³/mol. The summed E-state index contributed by atoms with van der Waals surface area (Å²) in [5.74, 6) is -0.112. The first-order chi connectivity index (χ1) is 18.7. The smallest absolute Gasteiger partial charge is 0.243 e. The number of aliphatic hydroxyl groups excluding tert-OH is 1. The first kappa shape index (κ1) is 26.4. The molecule has 0 saturated heterocycles. The summed E-state index contributed by atoms with van der Waals surface area (Å²) in [5, 5.41) is 22.9. The van der Waals surface area contributed by atoms with E-state index in [4.69, 9.17) is 5.73 Å². The van der Waals surface area contributed by atoms with Crippen LogP contribution >= 0.6 is 0 Å². The van der Waals surface area contributed by atoms with Gasteiger partial charge in [-0.1, -0.05) is 36.4 Å². The molecule has 9 heteroatoms. The van der Waals surface area contributed by atoms with Crippen LogP contribution in [0.1, 0.15) is 39.7 Å². The van der Waals surface area contributed by atoms with Gasteiger partial charge in [0.15, 0.2) is 0 Å². The standard InChI is InChI=1S/C30H33N5O4/c1-17-11-21(37)12-18(2)22(17)14-23(31)30(39)35-15-20-8-4-3-7-19(20)13-27(35)29(38)34-26(16-36)28-32-24-9-5-6-10-25(24)33-28/h3-12,23,26-27,36-37H,13-16,31H2,1-2H3,(H,32,33)(H,34,38)/t23-,26-,27-/m0/s1. The van der Waals surface area contributed by atoms with E-state index < -0.39 is 18.1 Å². The van der Waals surface area contributed by atoms with E-state index in [1.807, 2.05) is 62.4 Å². The Labute approximate surface area is 226 Å². The van der Waals surface area contributed by atoms with E-state index in [2.05, 4.69) is 15.3 Å². The zero-order chi connectivity index (χ0) is 27.7. The Kier molecular flexibility index (Phi) is 7.36. The van der Waals surface area contributed by atoms with Crippen molar-refractivity contribution in [2.24, 2.45) is 5.73 Å². The van der Waals surface area contributed by atoms with Crippen LogP contribution < -0.4 is 11.1 Å². The molecule has 0 spiro atoms. The number of fused-ring (bicyclic) bond motifs is 2. The Morgan fingerprint density at radius 3 is 2.46 bits per heavy atom. The van der Waals surface area contributed by atoms with Gasteiger partial charge in [-0.3, -0.25) is 9.59 Å². The number of hydrogen-bond acceptors (Lipinski definition) is 6. The monoisotopic (exact) mass is 527 g/mol. The lowest BCUT2D eigenvalue weighted by Crippen LogP contribution is -2.57. The van der Waals surface area contributed by atoms with E-state index in [9.17, 15) is 19.8 Å². The molecule has 0 aliphatic carbocycles. The van der Waals surface area contributed by atoms with E-state index in [-0.39, 0.29) is 37.1 Å². The van der Waals surface area contributed by atoms with Crippen molar-refractivity contribution >= 4 is 22.8 Å². The molecule has 0 bridgehead atoms. The van der Waals surface area contributed by atoms with Gasteiger partial charge in [0, 0.05) is 13.0 Å². The SMILES string of the molecule is Cc1cc(O)cc(C)c1C[C@H](N)C(=O)N1Cc2ccccc2C[C@H]1C(=O)N[C@@H](CO)c1nc2ccccc2[nH]1. The van der Waals surface area contributed by atoms with Gasteiger partial charge in [0.1, 0.15) is 23.7 Å². The number of aryl methyl sites for hydroxylation is 2. The number of H-pyrrole nitrogens is 1.